The molecule has 1 N–H and O–H groups in total. The van der Waals surface area contributed by atoms with E-state index in [0.29, 0.717) is 12.5 Å². The maximum atomic E-state index is 12.7. The molecule has 5 heteroatoms. The minimum Gasteiger partial charge on any atom is -0.480 e. The molecule has 0 aliphatic rings. The Labute approximate surface area is 122 Å². The number of nitrogens with zero attached hydrogens (tertiary/aromatic N) is 2. The number of carbonyl (C=O) groups is 2. The van der Waals surface area contributed by atoms with Crippen molar-refractivity contribution >= 4 is 12.0 Å². The van der Waals surface area contributed by atoms with Gasteiger partial charge in [-0.15, -0.1) is 0 Å². The second kappa shape index (κ2) is 7.50. The van der Waals surface area contributed by atoms with E-state index in [4.69, 9.17) is 0 Å². The Morgan fingerprint density at radius 3 is 1.90 bits per heavy atom. The lowest BCUT2D eigenvalue weighted by atomic mass is 10.0. The molecule has 0 aliphatic heterocycles. The third-order valence-electron chi connectivity index (χ3n) is 3.84. The van der Waals surface area contributed by atoms with Gasteiger partial charge in [-0.05, 0) is 32.6 Å². The van der Waals surface area contributed by atoms with Crippen LogP contribution in [0.4, 0.5) is 4.79 Å². The van der Waals surface area contributed by atoms with E-state index in [-0.39, 0.29) is 12.1 Å². The number of amides is 2. The van der Waals surface area contributed by atoms with Gasteiger partial charge in [0, 0.05) is 19.6 Å². The van der Waals surface area contributed by atoms with E-state index in [2.05, 4.69) is 27.7 Å². The van der Waals surface area contributed by atoms with Crippen molar-refractivity contribution < 1.29 is 14.7 Å². The average Bonchev–Trinajstić information content (AvgIpc) is 2.36. The Kier molecular flexibility index (Phi) is 7.03. The minimum atomic E-state index is -1.21. The van der Waals surface area contributed by atoms with E-state index in [0.717, 1.165) is 12.8 Å². The molecule has 0 radical (unpaired) electrons. The summed E-state index contributed by atoms with van der Waals surface area (Å²) in [5, 5.41) is 9.26. The molecule has 20 heavy (non-hydrogen) atoms. The highest BCUT2D eigenvalue weighted by molar-refractivity contribution is 5.85. The molecule has 0 saturated heterocycles. The van der Waals surface area contributed by atoms with Crippen molar-refractivity contribution in [3.8, 4) is 0 Å². The van der Waals surface area contributed by atoms with Crippen molar-refractivity contribution in [3.05, 3.63) is 0 Å². The van der Waals surface area contributed by atoms with Gasteiger partial charge in [0.15, 0.2) is 0 Å². The van der Waals surface area contributed by atoms with Crippen LogP contribution in [0.25, 0.3) is 0 Å². The van der Waals surface area contributed by atoms with Crippen molar-refractivity contribution in [2.24, 2.45) is 5.92 Å². The van der Waals surface area contributed by atoms with Crippen molar-refractivity contribution in [1.29, 1.82) is 0 Å². The van der Waals surface area contributed by atoms with Gasteiger partial charge in [0.1, 0.15) is 5.54 Å². The second-order valence-corrected chi connectivity index (χ2v) is 6.22. The van der Waals surface area contributed by atoms with Crippen LogP contribution in [0.1, 0.15) is 54.4 Å². The first-order valence-corrected chi connectivity index (χ1v) is 7.37. The van der Waals surface area contributed by atoms with Crippen LogP contribution in [-0.4, -0.2) is 52.1 Å². The fraction of sp³-hybridized carbons (Fsp3) is 0.867. The van der Waals surface area contributed by atoms with Crippen molar-refractivity contribution in [3.63, 3.8) is 0 Å². The van der Waals surface area contributed by atoms with Crippen molar-refractivity contribution in [2.75, 3.05) is 13.6 Å². The lowest BCUT2D eigenvalue weighted by Gasteiger charge is -2.40. The van der Waals surface area contributed by atoms with Gasteiger partial charge in [-0.1, -0.05) is 27.7 Å². The molecular formula is C15H30N2O3. The van der Waals surface area contributed by atoms with E-state index >= 15 is 0 Å². The predicted molar refractivity (Wildman–Crippen MR) is 80.8 cm³/mol. The van der Waals surface area contributed by atoms with E-state index < -0.39 is 11.5 Å². The summed E-state index contributed by atoms with van der Waals surface area (Å²) < 4.78 is 0. The average molecular weight is 286 g/mol. The molecule has 5 nitrogen and oxygen atoms in total. The van der Waals surface area contributed by atoms with Gasteiger partial charge in [0.2, 0.25) is 0 Å². The smallest absolute Gasteiger partial charge is 0.329 e. The van der Waals surface area contributed by atoms with E-state index in [9.17, 15) is 14.7 Å². The fourth-order valence-electron chi connectivity index (χ4n) is 2.08. The van der Waals surface area contributed by atoms with Crippen LogP contribution >= 0.6 is 0 Å². The number of hydrogen-bond acceptors (Lipinski definition) is 2. The maximum Gasteiger partial charge on any atom is 0.329 e. The number of aliphatic carboxylic acids is 1. The molecule has 0 saturated carbocycles. The molecule has 0 aliphatic carbocycles. The maximum absolute atomic E-state index is 12.7. The molecule has 0 spiro atoms. The lowest BCUT2D eigenvalue weighted by Crippen LogP contribution is -2.57. The molecule has 0 unspecified atom stereocenters. The summed E-state index contributed by atoms with van der Waals surface area (Å²) >= 11 is 0. The van der Waals surface area contributed by atoms with Gasteiger partial charge in [0.25, 0.3) is 0 Å². The monoisotopic (exact) mass is 286 g/mol. The third kappa shape index (κ3) is 4.39. The van der Waals surface area contributed by atoms with Crippen LogP contribution in [0.15, 0.2) is 0 Å². The van der Waals surface area contributed by atoms with Gasteiger partial charge in [0.05, 0.1) is 0 Å². The summed E-state index contributed by atoms with van der Waals surface area (Å²) in [5.41, 5.74) is -1.21. The van der Waals surface area contributed by atoms with E-state index in [1.54, 1.807) is 20.9 Å². The first-order valence-electron chi connectivity index (χ1n) is 7.37. The highest BCUT2D eigenvalue weighted by Crippen LogP contribution is 2.19. The van der Waals surface area contributed by atoms with Crippen LogP contribution in [0.5, 0.6) is 0 Å². The zero-order valence-corrected chi connectivity index (χ0v) is 13.9. The SMILES string of the molecule is CCC(CC)N(CC(C)C)C(=O)N(C)C(C)(C)C(=O)O. The van der Waals surface area contributed by atoms with Crippen LogP contribution in [0, 0.1) is 5.92 Å². The number of rotatable bonds is 7. The highest BCUT2D eigenvalue weighted by Gasteiger charge is 2.38. The molecule has 0 atom stereocenters. The van der Waals surface area contributed by atoms with Gasteiger partial charge < -0.3 is 14.9 Å². The number of urea groups is 1. The standard InChI is InChI=1S/C15H30N2O3/c1-8-12(9-2)17(10-11(3)4)14(20)16(7)15(5,6)13(18)19/h11-12H,8-10H2,1-7H3,(H,18,19). The molecule has 0 rings (SSSR count). The molecule has 2 amide bonds. The van der Waals surface area contributed by atoms with Gasteiger partial charge in [-0.3, -0.25) is 0 Å². The lowest BCUT2D eigenvalue weighted by molar-refractivity contribution is -0.147. The molecule has 0 heterocycles. The van der Waals surface area contributed by atoms with Crippen molar-refractivity contribution in [1.82, 2.24) is 9.80 Å². The Morgan fingerprint density at radius 1 is 1.15 bits per heavy atom. The van der Waals surface area contributed by atoms with Gasteiger partial charge in [-0.25, -0.2) is 9.59 Å². The Balaban J connectivity index is 5.27. The summed E-state index contributed by atoms with van der Waals surface area (Å²) in [5.74, 6) is -0.650. The number of carboxylic acid groups (broad SMARTS) is 1. The number of carboxylic acids is 1. The molecule has 0 fully saturated rings. The first-order chi connectivity index (χ1) is 9.09. The highest BCUT2D eigenvalue weighted by atomic mass is 16.4. The number of likely N-dealkylation sites (N-methyl/N-ethyl adjacent to an activating group) is 1. The largest absolute Gasteiger partial charge is 0.480 e. The summed E-state index contributed by atoms with van der Waals surface area (Å²) in [6.07, 6.45) is 1.74. The van der Waals surface area contributed by atoms with Crippen LogP contribution in [0.2, 0.25) is 0 Å². The number of hydrogen-bond donors (Lipinski definition) is 1. The fourth-order valence-corrected chi connectivity index (χ4v) is 2.08. The molecule has 0 bridgehead atoms. The zero-order chi connectivity index (χ0) is 16.1. The Bertz CT molecular complexity index is 336. The van der Waals surface area contributed by atoms with Crippen LogP contribution in [0.3, 0.4) is 0 Å². The summed E-state index contributed by atoms with van der Waals surface area (Å²) in [6.45, 7) is 12.0. The molecule has 0 aromatic rings. The zero-order valence-electron chi connectivity index (χ0n) is 13.9. The van der Waals surface area contributed by atoms with Crippen molar-refractivity contribution in [2.45, 2.75) is 66.0 Å². The molecular weight excluding hydrogens is 256 g/mol. The Morgan fingerprint density at radius 2 is 1.60 bits per heavy atom. The quantitative estimate of drug-likeness (QED) is 0.782. The van der Waals surface area contributed by atoms with Gasteiger partial charge >= 0.3 is 12.0 Å². The van der Waals surface area contributed by atoms with E-state index in [1.165, 1.54) is 4.90 Å². The van der Waals surface area contributed by atoms with Crippen LogP contribution in [-0.2, 0) is 4.79 Å². The number of carbonyl (C=O) groups excluding carboxylic acids is 1. The summed E-state index contributed by atoms with van der Waals surface area (Å²) in [6, 6.07) is -0.0586. The van der Waals surface area contributed by atoms with Gasteiger partial charge in [-0.2, -0.15) is 0 Å². The predicted octanol–water partition coefficient (Wildman–Crippen LogP) is 3.05. The molecule has 118 valence electrons. The van der Waals surface area contributed by atoms with Crippen LogP contribution < -0.4 is 0 Å². The second-order valence-electron chi connectivity index (χ2n) is 6.22. The normalized spacial score (nSPS) is 11.8. The first kappa shape index (κ1) is 18.7. The minimum absolute atomic E-state index is 0.150. The third-order valence-corrected chi connectivity index (χ3v) is 3.84. The summed E-state index contributed by atoms with van der Waals surface area (Å²) in [7, 11) is 1.56. The topological polar surface area (TPSA) is 60.9 Å². The molecule has 0 aromatic heterocycles. The Hall–Kier alpha value is -1.26. The molecule has 0 aromatic carbocycles. The summed E-state index contributed by atoms with van der Waals surface area (Å²) in [4.78, 5) is 27.1. The van der Waals surface area contributed by atoms with E-state index in [1.807, 2.05) is 4.90 Å².